The number of para-hydroxylation sites is 3. The monoisotopic (exact) mass is 779 g/mol. The summed E-state index contributed by atoms with van der Waals surface area (Å²) in [6.45, 7) is 0. The van der Waals surface area contributed by atoms with Crippen LogP contribution in [-0.2, 0) is 0 Å². The minimum Gasteiger partial charge on any atom is -0.456 e. The largest absolute Gasteiger partial charge is 0.456 e. The SMILES string of the molecule is c1ccc(-c2nc(-c3ccccc3)nc(-n3c4ccccc4c4c(-c5ccc6c7c8cccc9c8c(cc7n(-c7ccccc7)c6c5)Oc5ccccc5-9)cccc43)n2)cc1. The van der Waals surface area contributed by atoms with Gasteiger partial charge in [-0.1, -0.05) is 158 Å². The Morgan fingerprint density at radius 1 is 0.328 bits per heavy atom. The Morgan fingerprint density at radius 2 is 0.934 bits per heavy atom. The number of ether oxygens (including phenoxy) is 1. The van der Waals surface area contributed by atoms with E-state index in [-0.39, 0.29) is 0 Å². The predicted molar refractivity (Wildman–Crippen MR) is 248 cm³/mol. The van der Waals surface area contributed by atoms with Crippen molar-refractivity contribution >= 4 is 54.4 Å². The van der Waals surface area contributed by atoms with Crippen LogP contribution in [0.25, 0.3) is 111 Å². The first-order chi connectivity index (χ1) is 30.3. The summed E-state index contributed by atoms with van der Waals surface area (Å²) in [6.07, 6.45) is 0. The van der Waals surface area contributed by atoms with E-state index in [1.165, 1.54) is 21.7 Å². The van der Waals surface area contributed by atoms with Crippen LogP contribution < -0.4 is 4.74 Å². The summed E-state index contributed by atoms with van der Waals surface area (Å²) in [5, 5.41) is 6.98. The van der Waals surface area contributed by atoms with Crippen molar-refractivity contribution in [2.45, 2.75) is 0 Å². The Labute approximate surface area is 350 Å². The first-order valence-corrected chi connectivity index (χ1v) is 20.5. The fourth-order valence-electron chi connectivity index (χ4n) is 9.55. The molecular weight excluding hydrogens is 747 g/mol. The van der Waals surface area contributed by atoms with E-state index < -0.39 is 0 Å². The van der Waals surface area contributed by atoms with Gasteiger partial charge in [0.15, 0.2) is 11.6 Å². The van der Waals surface area contributed by atoms with E-state index in [2.05, 4.69) is 143 Å². The maximum atomic E-state index is 6.70. The summed E-state index contributed by atoms with van der Waals surface area (Å²) in [7, 11) is 0. The molecule has 0 amide bonds. The molecule has 13 rings (SSSR count). The number of rotatable bonds is 5. The molecule has 1 aliphatic heterocycles. The van der Waals surface area contributed by atoms with Gasteiger partial charge in [0.25, 0.3) is 0 Å². The molecule has 0 radical (unpaired) electrons. The molecule has 0 saturated heterocycles. The minimum absolute atomic E-state index is 0.569. The standard InChI is InChI=1S/C55H33N5O/c1-4-16-34(17-5-1)53-56-54(35-18-6-2-7-19-35)58-55(57-53)60-44-27-12-10-23-41(44)50-38(24-15-28-45(50)60)36-30-31-42-46(32-36)59(37-20-8-3-9-21-37)47-33-49-52-40(25-14-26-43(52)51(42)47)39-22-11-13-29-48(39)61-49/h1-33H. The van der Waals surface area contributed by atoms with Crippen LogP contribution in [0.15, 0.2) is 200 Å². The second-order valence-electron chi connectivity index (χ2n) is 15.6. The summed E-state index contributed by atoms with van der Waals surface area (Å²) in [5.74, 6) is 3.57. The van der Waals surface area contributed by atoms with E-state index in [0.29, 0.717) is 17.6 Å². The third-order valence-electron chi connectivity index (χ3n) is 12.2. The van der Waals surface area contributed by atoms with Crippen LogP contribution in [-0.4, -0.2) is 24.1 Å². The molecule has 1 aliphatic rings. The molecule has 0 unspecified atom stereocenters. The molecule has 0 N–H and O–H groups in total. The van der Waals surface area contributed by atoms with Crippen molar-refractivity contribution in [3.8, 4) is 68.2 Å². The third kappa shape index (κ3) is 5.06. The average molecular weight is 780 g/mol. The van der Waals surface area contributed by atoms with Gasteiger partial charge in [0.1, 0.15) is 11.5 Å². The van der Waals surface area contributed by atoms with Crippen molar-refractivity contribution in [3.63, 3.8) is 0 Å². The van der Waals surface area contributed by atoms with Gasteiger partial charge < -0.3 is 9.30 Å². The van der Waals surface area contributed by atoms with Crippen LogP contribution in [0.3, 0.4) is 0 Å². The quantitative estimate of drug-likeness (QED) is 0.175. The molecule has 0 spiro atoms. The fraction of sp³-hybridized carbons (Fsp3) is 0. The molecule has 0 saturated carbocycles. The molecule has 6 nitrogen and oxygen atoms in total. The summed E-state index contributed by atoms with van der Waals surface area (Å²) in [5.41, 5.74) is 11.8. The van der Waals surface area contributed by atoms with E-state index in [1.807, 2.05) is 66.7 Å². The normalized spacial score (nSPS) is 12.1. The lowest BCUT2D eigenvalue weighted by Crippen LogP contribution is -2.06. The van der Waals surface area contributed by atoms with Crippen molar-refractivity contribution in [3.05, 3.63) is 200 Å². The Bertz CT molecular complexity index is 3660. The Kier molecular flexibility index (Phi) is 7.21. The fourth-order valence-corrected chi connectivity index (χ4v) is 9.55. The number of hydrogen-bond donors (Lipinski definition) is 0. The van der Waals surface area contributed by atoms with E-state index in [0.717, 1.165) is 83.2 Å². The maximum absolute atomic E-state index is 6.70. The molecule has 9 aromatic carbocycles. The highest BCUT2D eigenvalue weighted by molar-refractivity contribution is 6.26. The van der Waals surface area contributed by atoms with Crippen LogP contribution in [0.1, 0.15) is 0 Å². The molecule has 3 aromatic heterocycles. The topological polar surface area (TPSA) is 57.8 Å². The van der Waals surface area contributed by atoms with E-state index in [1.54, 1.807) is 0 Å². The minimum atomic E-state index is 0.569. The van der Waals surface area contributed by atoms with Gasteiger partial charge in [0.05, 0.1) is 22.1 Å². The Morgan fingerprint density at radius 3 is 1.72 bits per heavy atom. The molecule has 0 fully saturated rings. The Balaban J connectivity index is 1.07. The van der Waals surface area contributed by atoms with Gasteiger partial charge in [-0.3, -0.25) is 4.57 Å². The van der Waals surface area contributed by atoms with Crippen LogP contribution in [0.4, 0.5) is 0 Å². The lowest BCUT2D eigenvalue weighted by Gasteiger charge is -2.22. The lowest BCUT2D eigenvalue weighted by molar-refractivity contribution is 0.487. The highest BCUT2D eigenvalue weighted by Crippen LogP contribution is 2.51. The van der Waals surface area contributed by atoms with Gasteiger partial charge in [0.2, 0.25) is 5.95 Å². The first kappa shape index (κ1) is 33.6. The number of hydrogen-bond acceptors (Lipinski definition) is 4. The second-order valence-corrected chi connectivity index (χ2v) is 15.6. The summed E-state index contributed by atoms with van der Waals surface area (Å²) in [4.78, 5) is 15.3. The summed E-state index contributed by atoms with van der Waals surface area (Å²) in [6, 6.07) is 70.2. The van der Waals surface area contributed by atoms with Crippen molar-refractivity contribution in [1.29, 1.82) is 0 Å². The first-order valence-electron chi connectivity index (χ1n) is 20.5. The molecule has 284 valence electrons. The molecule has 12 aromatic rings. The van der Waals surface area contributed by atoms with Crippen molar-refractivity contribution in [2.24, 2.45) is 0 Å². The summed E-state index contributed by atoms with van der Waals surface area (Å²) >= 11 is 0. The highest BCUT2D eigenvalue weighted by Gasteiger charge is 2.26. The molecule has 61 heavy (non-hydrogen) atoms. The molecule has 6 heteroatoms. The van der Waals surface area contributed by atoms with Gasteiger partial charge in [-0.05, 0) is 58.5 Å². The van der Waals surface area contributed by atoms with Crippen molar-refractivity contribution in [1.82, 2.24) is 24.1 Å². The van der Waals surface area contributed by atoms with Gasteiger partial charge in [-0.25, -0.2) is 4.98 Å². The maximum Gasteiger partial charge on any atom is 0.238 e. The zero-order chi connectivity index (χ0) is 40.0. The van der Waals surface area contributed by atoms with E-state index in [4.69, 9.17) is 19.7 Å². The zero-order valence-electron chi connectivity index (χ0n) is 32.7. The van der Waals surface area contributed by atoms with Gasteiger partial charge in [-0.15, -0.1) is 0 Å². The van der Waals surface area contributed by atoms with Gasteiger partial charge >= 0.3 is 0 Å². The van der Waals surface area contributed by atoms with E-state index in [9.17, 15) is 0 Å². The Hall–Kier alpha value is -8.35. The smallest absolute Gasteiger partial charge is 0.238 e. The highest BCUT2D eigenvalue weighted by atomic mass is 16.5. The van der Waals surface area contributed by atoms with Gasteiger partial charge in [-0.2, -0.15) is 9.97 Å². The van der Waals surface area contributed by atoms with Crippen LogP contribution in [0, 0.1) is 0 Å². The molecular formula is C55H33N5O. The summed E-state index contributed by atoms with van der Waals surface area (Å²) < 4.78 is 11.3. The van der Waals surface area contributed by atoms with Crippen molar-refractivity contribution < 1.29 is 4.74 Å². The molecule has 0 aliphatic carbocycles. The second kappa shape index (κ2) is 13.1. The molecule has 0 atom stereocenters. The van der Waals surface area contributed by atoms with Crippen LogP contribution >= 0.6 is 0 Å². The van der Waals surface area contributed by atoms with Gasteiger partial charge in [0, 0.05) is 55.4 Å². The number of nitrogens with zero attached hydrogens (tertiary/aromatic N) is 5. The third-order valence-corrected chi connectivity index (χ3v) is 12.2. The lowest BCUT2D eigenvalue weighted by atomic mass is 9.92. The predicted octanol–water partition coefficient (Wildman–Crippen LogP) is 14.0. The molecule has 4 heterocycles. The van der Waals surface area contributed by atoms with E-state index >= 15 is 0 Å². The number of benzene rings is 9. The molecule has 0 bridgehead atoms. The van der Waals surface area contributed by atoms with Crippen molar-refractivity contribution in [2.75, 3.05) is 0 Å². The van der Waals surface area contributed by atoms with Crippen LogP contribution in [0.2, 0.25) is 0 Å². The number of aromatic nitrogens is 5. The van der Waals surface area contributed by atoms with Crippen LogP contribution in [0.5, 0.6) is 11.5 Å². The number of fused-ring (bicyclic) bond motifs is 9. The zero-order valence-corrected chi connectivity index (χ0v) is 32.7. The average Bonchev–Trinajstić information content (AvgIpc) is 3.85.